The summed E-state index contributed by atoms with van der Waals surface area (Å²) in [5, 5.41) is 16.8. The Hall–Kier alpha value is -2.05. The number of amides is 1. The Balaban J connectivity index is 1.82. The lowest BCUT2D eigenvalue weighted by atomic mass is 10.3. The third-order valence-electron chi connectivity index (χ3n) is 3.16. The highest BCUT2D eigenvalue weighted by Gasteiger charge is 2.18. The Kier molecular flexibility index (Phi) is 5.41. The summed E-state index contributed by atoms with van der Waals surface area (Å²) in [6.45, 7) is 1.91. The Bertz CT molecular complexity index is 643. The summed E-state index contributed by atoms with van der Waals surface area (Å²) in [5.41, 5.74) is 0.859. The number of aliphatic hydroxyl groups is 1. The third-order valence-corrected chi connectivity index (χ3v) is 3.61. The van der Waals surface area contributed by atoms with Crippen LogP contribution in [0.25, 0.3) is 0 Å². The van der Waals surface area contributed by atoms with Gasteiger partial charge in [-0.05, 0) is 19.1 Å². The van der Waals surface area contributed by atoms with Gasteiger partial charge in [0, 0.05) is 13.6 Å². The van der Waals surface area contributed by atoms with Gasteiger partial charge in [-0.3, -0.25) is 9.48 Å². The maximum absolute atomic E-state index is 12.0. The van der Waals surface area contributed by atoms with Gasteiger partial charge >= 0.3 is 0 Å². The second-order valence-corrected chi connectivity index (χ2v) is 5.24. The van der Waals surface area contributed by atoms with E-state index in [0.717, 1.165) is 0 Å². The first-order chi connectivity index (χ1) is 10.5. The van der Waals surface area contributed by atoms with Crippen LogP contribution in [0.2, 0.25) is 5.02 Å². The standard InChI is InChI=1S/C15H18ClN3O3/c1-10-13(16)14(18-19(10)2)15(21)17-8-11(20)9-22-12-6-4-3-5-7-12/h3-7,11,20H,8-9H2,1-2H3,(H,17,21). The fraction of sp³-hybridized carbons (Fsp3) is 0.333. The van der Waals surface area contributed by atoms with E-state index in [9.17, 15) is 9.90 Å². The van der Waals surface area contributed by atoms with Crippen LogP contribution in [-0.4, -0.2) is 40.0 Å². The van der Waals surface area contributed by atoms with E-state index in [1.165, 1.54) is 4.68 Å². The molecule has 6 nitrogen and oxygen atoms in total. The molecule has 1 amide bonds. The van der Waals surface area contributed by atoms with Crippen LogP contribution < -0.4 is 10.1 Å². The lowest BCUT2D eigenvalue weighted by Crippen LogP contribution is -2.35. The number of hydrogen-bond acceptors (Lipinski definition) is 4. The van der Waals surface area contributed by atoms with E-state index in [1.54, 1.807) is 26.1 Å². The van der Waals surface area contributed by atoms with E-state index in [2.05, 4.69) is 10.4 Å². The molecule has 22 heavy (non-hydrogen) atoms. The zero-order chi connectivity index (χ0) is 16.1. The molecule has 2 rings (SSSR count). The average molecular weight is 324 g/mol. The molecule has 0 aliphatic heterocycles. The van der Waals surface area contributed by atoms with E-state index in [1.807, 2.05) is 18.2 Å². The number of hydrogen-bond donors (Lipinski definition) is 2. The van der Waals surface area contributed by atoms with Crippen LogP contribution in [0.3, 0.4) is 0 Å². The smallest absolute Gasteiger partial charge is 0.273 e. The third kappa shape index (κ3) is 3.99. The number of ether oxygens (including phenoxy) is 1. The van der Waals surface area contributed by atoms with Crippen molar-refractivity contribution in [1.82, 2.24) is 15.1 Å². The van der Waals surface area contributed by atoms with Gasteiger partial charge in [0.15, 0.2) is 5.69 Å². The molecule has 1 heterocycles. The molecule has 0 bridgehead atoms. The SMILES string of the molecule is Cc1c(Cl)c(C(=O)NCC(O)COc2ccccc2)nn1C. The van der Waals surface area contributed by atoms with Crippen molar-refractivity contribution in [2.75, 3.05) is 13.2 Å². The Morgan fingerprint density at radius 2 is 2.14 bits per heavy atom. The van der Waals surface area contributed by atoms with Crippen molar-refractivity contribution < 1.29 is 14.6 Å². The molecule has 0 fully saturated rings. The van der Waals surface area contributed by atoms with Crippen LogP contribution in [0.5, 0.6) is 5.75 Å². The zero-order valence-corrected chi connectivity index (χ0v) is 13.2. The van der Waals surface area contributed by atoms with Crippen LogP contribution >= 0.6 is 11.6 Å². The van der Waals surface area contributed by atoms with Crippen molar-refractivity contribution in [3.63, 3.8) is 0 Å². The first kappa shape index (κ1) is 16.3. The molecule has 1 aromatic carbocycles. The normalized spacial score (nSPS) is 12.0. The number of benzene rings is 1. The maximum Gasteiger partial charge on any atom is 0.273 e. The molecule has 0 radical (unpaired) electrons. The van der Waals surface area contributed by atoms with Crippen LogP contribution in [-0.2, 0) is 7.05 Å². The Labute approximate surface area is 133 Å². The molecule has 0 saturated heterocycles. The van der Waals surface area contributed by atoms with Crippen molar-refractivity contribution in [2.24, 2.45) is 7.05 Å². The highest BCUT2D eigenvalue weighted by Crippen LogP contribution is 2.18. The largest absolute Gasteiger partial charge is 0.491 e. The molecule has 0 aliphatic rings. The molecule has 0 saturated carbocycles. The summed E-state index contributed by atoms with van der Waals surface area (Å²) in [6.07, 6.45) is -0.826. The van der Waals surface area contributed by atoms with E-state index in [4.69, 9.17) is 16.3 Å². The van der Waals surface area contributed by atoms with Crippen molar-refractivity contribution in [3.05, 3.63) is 46.7 Å². The molecule has 1 atom stereocenters. The first-order valence-corrected chi connectivity index (χ1v) is 7.20. The van der Waals surface area contributed by atoms with Crippen molar-refractivity contribution in [3.8, 4) is 5.75 Å². The molecule has 0 aliphatic carbocycles. The maximum atomic E-state index is 12.0. The van der Waals surface area contributed by atoms with Gasteiger partial charge in [0.05, 0.1) is 10.7 Å². The topological polar surface area (TPSA) is 76.4 Å². The van der Waals surface area contributed by atoms with Crippen molar-refractivity contribution in [2.45, 2.75) is 13.0 Å². The predicted octanol–water partition coefficient (Wildman–Crippen LogP) is 1.55. The highest BCUT2D eigenvalue weighted by atomic mass is 35.5. The molecule has 1 aromatic heterocycles. The van der Waals surface area contributed by atoms with Gasteiger partial charge < -0.3 is 15.2 Å². The van der Waals surface area contributed by atoms with E-state index < -0.39 is 12.0 Å². The van der Waals surface area contributed by atoms with E-state index in [-0.39, 0.29) is 18.8 Å². The number of aliphatic hydroxyl groups excluding tert-OH is 1. The number of carbonyl (C=O) groups excluding carboxylic acids is 1. The van der Waals surface area contributed by atoms with Crippen LogP contribution in [0, 0.1) is 6.92 Å². The van der Waals surface area contributed by atoms with Crippen LogP contribution in [0.4, 0.5) is 0 Å². The number of rotatable bonds is 6. The highest BCUT2D eigenvalue weighted by molar-refractivity contribution is 6.34. The minimum absolute atomic E-state index is 0.0532. The summed E-state index contributed by atoms with van der Waals surface area (Å²) < 4.78 is 6.94. The van der Waals surface area contributed by atoms with E-state index >= 15 is 0 Å². The minimum Gasteiger partial charge on any atom is -0.491 e. The number of aryl methyl sites for hydroxylation is 1. The molecular formula is C15H18ClN3O3. The number of nitrogens with zero attached hydrogens (tertiary/aromatic N) is 2. The summed E-state index contributed by atoms with van der Waals surface area (Å²) in [4.78, 5) is 12.0. The van der Waals surface area contributed by atoms with Gasteiger partial charge in [-0.1, -0.05) is 29.8 Å². The summed E-state index contributed by atoms with van der Waals surface area (Å²) in [7, 11) is 1.71. The first-order valence-electron chi connectivity index (χ1n) is 6.82. The average Bonchev–Trinajstić information content (AvgIpc) is 2.79. The van der Waals surface area contributed by atoms with Gasteiger partial charge in [0.2, 0.25) is 0 Å². The summed E-state index contributed by atoms with van der Waals surface area (Å²) in [5.74, 6) is 0.240. The predicted molar refractivity (Wildman–Crippen MR) is 83.2 cm³/mol. The van der Waals surface area contributed by atoms with E-state index in [0.29, 0.717) is 16.5 Å². The molecular weight excluding hydrogens is 306 g/mol. The van der Waals surface area contributed by atoms with Gasteiger partial charge in [0.1, 0.15) is 18.5 Å². The fourth-order valence-corrected chi connectivity index (χ4v) is 2.04. The van der Waals surface area contributed by atoms with Crippen molar-refractivity contribution >= 4 is 17.5 Å². The monoisotopic (exact) mass is 323 g/mol. The molecule has 2 aromatic rings. The Morgan fingerprint density at radius 3 is 2.73 bits per heavy atom. The van der Waals surface area contributed by atoms with Gasteiger partial charge in [-0.15, -0.1) is 0 Å². The summed E-state index contributed by atoms with van der Waals surface area (Å²) >= 11 is 6.03. The second kappa shape index (κ2) is 7.29. The molecule has 0 spiro atoms. The summed E-state index contributed by atoms with van der Waals surface area (Å²) in [6, 6.07) is 9.15. The van der Waals surface area contributed by atoms with Gasteiger partial charge in [-0.25, -0.2) is 0 Å². The zero-order valence-electron chi connectivity index (χ0n) is 12.4. The molecule has 7 heteroatoms. The number of halogens is 1. The van der Waals surface area contributed by atoms with Gasteiger partial charge in [-0.2, -0.15) is 5.10 Å². The number of para-hydroxylation sites is 1. The second-order valence-electron chi connectivity index (χ2n) is 4.86. The fourth-order valence-electron chi connectivity index (χ4n) is 1.79. The van der Waals surface area contributed by atoms with Crippen molar-refractivity contribution in [1.29, 1.82) is 0 Å². The van der Waals surface area contributed by atoms with Crippen LogP contribution in [0.1, 0.15) is 16.2 Å². The quantitative estimate of drug-likeness (QED) is 0.845. The number of nitrogens with one attached hydrogen (secondary N) is 1. The van der Waals surface area contributed by atoms with Gasteiger partial charge in [0.25, 0.3) is 5.91 Å². The molecule has 1 unspecified atom stereocenters. The number of carbonyl (C=O) groups is 1. The minimum atomic E-state index is -0.826. The lowest BCUT2D eigenvalue weighted by molar-refractivity contribution is 0.0839. The number of aromatic nitrogens is 2. The Morgan fingerprint density at radius 1 is 1.45 bits per heavy atom. The molecule has 2 N–H and O–H groups in total. The molecule has 118 valence electrons. The lowest BCUT2D eigenvalue weighted by Gasteiger charge is -2.12. The van der Waals surface area contributed by atoms with Crippen LogP contribution in [0.15, 0.2) is 30.3 Å².